The highest BCUT2D eigenvalue weighted by atomic mass is 19.1. The summed E-state index contributed by atoms with van der Waals surface area (Å²) in [5, 5.41) is 5.73. The quantitative estimate of drug-likeness (QED) is 0.566. The van der Waals surface area contributed by atoms with Crippen LogP contribution in [-0.4, -0.2) is 41.2 Å². The van der Waals surface area contributed by atoms with Gasteiger partial charge in [0.1, 0.15) is 11.9 Å². The summed E-state index contributed by atoms with van der Waals surface area (Å²) < 4.78 is 13.4. The van der Waals surface area contributed by atoms with Gasteiger partial charge in [-0.05, 0) is 42.3 Å². The van der Waals surface area contributed by atoms with Crippen LogP contribution in [0.25, 0.3) is 0 Å². The van der Waals surface area contributed by atoms with E-state index in [1.54, 1.807) is 31.3 Å². The average molecular weight is 485 g/mol. The molecule has 0 radical (unpaired) electrons. The van der Waals surface area contributed by atoms with E-state index in [2.05, 4.69) is 10.6 Å². The third-order valence-corrected chi connectivity index (χ3v) is 6.55. The van der Waals surface area contributed by atoms with E-state index < -0.39 is 23.8 Å². The molecule has 0 saturated carbocycles. The normalized spacial score (nSPS) is 18.1. The van der Waals surface area contributed by atoms with Crippen LogP contribution in [0.1, 0.15) is 28.8 Å². The molecule has 2 aliphatic heterocycles. The van der Waals surface area contributed by atoms with E-state index in [4.69, 9.17) is 0 Å². The number of carbonyl (C=O) groups excluding carboxylic acids is 3. The zero-order chi connectivity index (χ0) is 25.4. The lowest BCUT2D eigenvalue weighted by molar-refractivity contribution is -0.134. The number of nitrogens with zero attached hydrogens (tertiary/aromatic N) is 2. The maximum absolute atomic E-state index is 13.9. The lowest BCUT2D eigenvalue weighted by Crippen LogP contribution is -2.45. The number of halogens is 1. The molecule has 36 heavy (non-hydrogen) atoms. The number of carbonyl (C=O) groups is 3. The predicted octanol–water partition coefficient (Wildman–Crippen LogP) is 4.31. The molecule has 3 aromatic rings. The molecule has 8 heteroatoms. The predicted molar refractivity (Wildman–Crippen MR) is 133 cm³/mol. The number of nitrogens with one attached hydrogen (secondary N) is 2. The van der Waals surface area contributed by atoms with Crippen molar-refractivity contribution in [2.75, 3.05) is 18.9 Å². The second kappa shape index (κ2) is 9.30. The van der Waals surface area contributed by atoms with Crippen molar-refractivity contribution in [1.82, 2.24) is 15.1 Å². The lowest BCUT2D eigenvalue weighted by Gasteiger charge is -2.31. The van der Waals surface area contributed by atoms with Crippen LogP contribution in [0, 0.1) is 12.7 Å². The van der Waals surface area contributed by atoms with Crippen LogP contribution < -0.4 is 10.6 Å². The maximum Gasteiger partial charge on any atom is 0.322 e. The minimum atomic E-state index is -0.962. The molecule has 0 saturated heterocycles. The highest BCUT2D eigenvalue weighted by molar-refractivity contribution is 6.05. The molecule has 0 spiro atoms. The van der Waals surface area contributed by atoms with E-state index in [1.165, 1.54) is 34.1 Å². The van der Waals surface area contributed by atoms with Gasteiger partial charge in [0, 0.05) is 12.7 Å². The van der Waals surface area contributed by atoms with Gasteiger partial charge in [-0.15, -0.1) is 0 Å². The molecular weight excluding hydrogens is 459 g/mol. The zero-order valence-corrected chi connectivity index (χ0v) is 19.9. The highest BCUT2D eigenvalue weighted by Gasteiger charge is 2.46. The number of rotatable bonds is 5. The summed E-state index contributed by atoms with van der Waals surface area (Å²) in [5.41, 5.74) is 3.85. The number of likely N-dealkylation sites (N-methyl/N-ethyl adjacent to an activating group) is 1. The van der Waals surface area contributed by atoms with Gasteiger partial charge in [0.05, 0.1) is 23.9 Å². The standard InChI is InChI=1S/C28H25FN4O3/c1-17-7-6-10-19(15-17)24-23-22(32(2)28(36)31-24)16-33(27(23)35)25(18-8-4-3-5-9-18)26(34)30-21-13-11-20(29)12-14-21/h3-15,24-25H,16H2,1-2H3,(H,30,34)(H,31,36). The Balaban J connectivity index is 1.53. The Morgan fingerprint density at radius 2 is 1.75 bits per heavy atom. The van der Waals surface area contributed by atoms with Gasteiger partial charge in [-0.2, -0.15) is 0 Å². The maximum atomic E-state index is 13.9. The summed E-state index contributed by atoms with van der Waals surface area (Å²) in [5.74, 6) is -1.18. The van der Waals surface area contributed by atoms with Crippen molar-refractivity contribution in [1.29, 1.82) is 0 Å². The Kier molecular flexibility index (Phi) is 6.01. The van der Waals surface area contributed by atoms with Crippen LogP contribution in [0.2, 0.25) is 0 Å². The fourth-order valence-electron chi connectivity index (χ4n) is 4.75. The second-order valence-corrected chi connectivity index (χ2v) is 8.96. The van der Waals surface area contributed by atoms with Gasteiger partial charge in [-0.1, -0.05) is 60.2 Å². The summed E-state index contributed by atoms with van der Waals surface area (Å²) in [6, 6.07) is 20.2. The lowest BCUT2D eigenvalue weighted by atomic mass is 9.94. The topological polar surface area (TPSA) is 81.8 Å². The summed E-state index contributed by atoms with van der Waals surface area (Å²) in [4.78, 5) is 43.2. The molecule has 2 unspecified atom stereocenters. The molecule has 7 nitrogen and oxygen atoms in total. The fraction of sp³-hybridized carbons (Fsp3) is 0.179. The van der Waals surface area contributed by atoms with Crippen molar-refractivity contribution in [3.8, 4) is 0 Å². The Morgan fingerprint density at radius 3 is 2.44 bits per heavy atom. The molecule has 5 rings (SSSR count). The van der Waals surface area contributed by atoms with Crippen LogP contribution >= 0.6 is 0 Å². The second-order valence-electron chi connectivity index (χ2n) is 8.96. The number of aryl methyl sites for hydroxylation is 1. The average Bonchev–Trinajstić information content (AvgIpc) is 3.20. The van der Waals surface area contributed by atoms with E-state index in [0.717, 1.165) is 11.1 Å². The monoisotopic (exact) mass is 484 g/mol. The summed E-state index contributed by atoms with van der Waals surface area (Å²) >= 11 is 0. The van der Waals surface area contributed by atoms with Crippen LogP contribution in [0.15, 0.2) is 90.1 Å². The molecule has 2 atom stereocenters. The third kappa shape index (κ3) is 4.22. The Morgan fingerprint density at radius 1 is 1.03 bits per heavy atom. The number of urea groups is 1. The van der Waals surface area contributed by atoms with Crippen molar-refractivity contribution in [2.45, 2.75) is 19.0 Å². The highest BCUT2D eigenvalue weighted by Crippen LogP contribution is 2.39. The first-order valence-corrected chi connectivity index (χ1v) is 11.6. The molecule has 2 N–H and O–H groups in total. The van der Waals surface area contributed by atoms with E-state index in [-0.39, 0.29) is 18.5 Å². The summed E-state index contributed by atoms with van der Waals surface area (Å²) in [7, 11) is 1.62. The molecule has 182 valence electrons. The molecule has 4 amide bonds. The van der Waals surface area contributed by atoms with Crippen molar-refractivity contribution in [3.63, 3.8) is 0 Å². The number of hydrogen-bond donors (Lipinski definition) is 2. The first-order valence-electron chi connectivity index (χ1n) is 11.6. The molecule has 2 aliphatic rings. The van der Waals surface area contributed by atoms with Crippen LogP contribution in [0.5, 0.6) is 0 Å². The first kappa shape index (κ1) is 23.3. The van der Waals surface area contributed by atoms with Gasteiger partial charge >= 0.3 is 6.03 Å². The smallest absolute Gasteiger partial charge is 0.322 e. The minimum Gasteiger partial charge on any atom is -0.327 e. The Labute approximate surface area is 208 Å². The van der Waals surface area contributed by atoms with Gasteiger partial charge in [-0.3, -0.25) is 14.5 Å². The molecule has 3 aromatic carbocycles. The molecule has 0 bridgehead atoms. The van der Waals surface area contributed by atoms with E-state index in [0.29, 0.717) is 22.5 Å². The van der Waals surface area contributed by atoms with Crippen molar-refractivity contribution < 1.29 is 18.8 Å². The Bertz CT molecular complexity index is 1370. The van der Waals surface area contributed by atoms with Crippen molar-refractivity contribution in [3.05, 3.63) is 113 Å². The number of anilines is 1. The molecule has 0 aromatic heterocycles. The summed E-state index contributed by atoms with van der Waals surface area (Å²) in [6.07, 6.45) is 0. The van der Waals surface area contributed by atoms with Crippen LogP contribution in [0.3, 0.4) is 0 Å². The van der Waals surface area contributed by atoms with E-state index >= 15 is 0 Å². The third-order valence-electron chi connectivity index (χ3n) is 6.55. The van der Waals surface area contributed by atoms with Gasteiger partial charge < -0.3 is 15.5 Å². The van der Waals surface area contributed by atoms with Gasteiger partial charge in [0.2, 0.25) is 0 Å². The molecule has 0 aliphatic carbocycles. The van der Waals surface area contributed by atoms with Crippen LogP contribution in [-0.2, 0) is 9.59 Å². The number of benzene rings is 3. The van der Waals surface area contributed by atoms with Crippen LogP contribution in [0.4, 0.5) is 14.9 Å². The molecule has 2 heterocycles. The van der Waals surface area contributed by atoms with Crippen molar-refractivity contribution in [2.24, 2.45) is 0 Å². The van der Waals surface area contributed by atoms with Gasteiger partial charge in [0.25, 0.3) is 11.8 Å². The number of amides is 4. The van der Waals surface area contributed by atoms with Crippen molar-refractivity contribution >= 4 is 23.5 Å². The fourth-order valence-corrected chi connectivity index (χ4v) is 4.75. The summed E-state index contributed by atoms with van der Waals surface area (Å²) in [6.45, 7) is 2.04. The SMILES string of the molecule is Cc1cccc(C2NC(=O)N(C)C3=C2C(=O)N(C(C(=O)Nc2ccc(F)cc2)c2ccccc2)C3)c1. The largest absolute Gasteiger partial charge is 0.327 e. The zero-order valence-electron chi connectivity index (χ0n) is 19.9. The first-order chi connectivity index (χ1) is 17.3. The van der Waals surface area contributed by atoms with Gasteiger partial charge in [-0.25, -0.2) is 9.18 Å². The minimum absolute atomic E-state index is 0.0940. The van der Waals surface area contributed by atoms with Gasteiger partial charge in [0.15, 0.2) is 0 Å². The van der Waals surface area contributed by atoms with E-state index in [1.807, 2.05) is 37.3 Å². The molecular formula is C28H25FN4O3. The van der Waals surface area contributed by atoms with E-state index in [9.17, 15) is 18.8 Å². The number of hydrogen-bond acceptors (Lipinski definition) is 3. The molecule has 0 fully saturated rings. The Hall–Kier alpha value is -4.46.